The van der Waals surface area contributed by atoms with Crippen molar-refractivity contribution in [3.63, 3.8) is 0 Å². The highest BCUT2D eigenvalue weighted by Crippen LogP contribution is 2.33. The predicted octanol–water partition coefficient (Wildman–Crippen LogP) is 5.83. The molecular formula is C26H14F2O4. The van der Waals surface area contributed by atoms with Crippen LogP contribution in [-0.4, -0.2) is 10.9 Å². The molecular weight excluding hydrogens is 414 g/mol. The fourth-order valence-corrected chi connectivity index (χ4v) is 3.74. The molecule has 0 radical (unpaired) electrons. The molecule has 0 unspecified atom stereocenters. The minimum absolute atomic E-state index is 0.0368. The summed E-state index contributed by atoms with van der Waals surface area (Å²) in [5, 5.41) is 10.2. The van der Waals surface area contributed by atoms with Crippen LogP contribution < -0.4 is 5.43 Å². The molecule has 156 valence electrons. The van der Waals surface area contributed by atoms with Crippen LogP contribution >= 0.6 is 0 Å². The van der Waals surface area contributed by atoms with Gasteiger partial charge in [0.2, 0.25) is 5.43 Å². The van der Waals surface area contributed by atoms with Crippen molar-refractivity contribution < 1.29 is 23.1 Å². The zero-order valence-corrected chi connectivity index (χ0v) is 16.4. The van der Waals surface area contributed by atoms with Gasteiger partial charge in [-0.3, -0.25) is 9.59 Å². The van der Waals surface area contributed by atoms with E-state index in [-0.39, 0.29) is 38.8 Å². The van der Waals surface area contributed by atoms with Gasteiger partial charge in [0.15, 0.2) is 5.78 Å². The molecule has 5 aromatic rings. The number of aromatic hydroxyl groups is 1. The normalized spacial score (nSPS) is 11.2. The summed E-state index contributed by atoms with van der Waals surface area (Å²) in [4.78, 5) is 26.4. The first-order valence-corrected chi connectivity index (χ1v) is 9.71. The highest BCUT2D eigenvalue weighted by Gasteiger charge is 2.20. The van der Waals surface area contributed by atoms with Gasteiger partial charge in [0.05, 0.1) is 16.3 Å². The third-order valence-corrected chi connectivity index (χ3v) is 5.28. The van der Waals surface area contributed by atoms with E-state index in [0.29, 0.717) is 11.1 Å². The van der Waals surface area contributed by atoms with Crippen molar-refractivity contribution in [3.05, 3.63) is 112 Å². The fourth-order valence-electron chi connectivity index (χ4n) is 3.74. The second kappa shape index (κ2) is 7.42. The van der Waals surface area contributed by atoms with E-state index in [1.807, 2.05) is 6.07 Å². The minimum Gasteiger partial charge on any atom is -0.507 e. The summed E-state index contributed by atoms with van der Waals surface area (Å²) in [5.74, 6) is -2.33. The molecule has 6 heteroatoms. The lowest BCUT2D eigenvalue weighted by Crippen LogP contribution is -2.08. The van der Waals surface area contributed by atoms with Crippen molar-refractivity contribution in [1.29, 1.82) is 0 Å². The van der Waals surface area contributed by atoms with Crippen molar-refractivity contribution in [2.75, 3.05) is 0 Å². The summed E-state index contributed by atoms with van der Waals surface area (Å²) in [7, 11) is 0. The SMILES string of the molecule is O=C(c1cc(-c2ccccc2)c2oc3ccc(F)cc3c(=O)c2c1)c1cc(F)ccc1O. The maximum absolute atomic E-state index is 13.8. The first kappa shape index (κ1) is 19.6. The number of benzene rings is 4. The molecule has 1 aromatic heterocycles. The van der Waals surface area contributed by atoms with Crippen molar-refractivity contribution in [3.8, 4) is 16.9 Å². The van der Waals surface area contributed by atoms with Gasteiger partial charge in [0, 0.05) is 11.1 Å². The molecule has 0 aliphatic heterocycles. The summed E-state index contributed by atoms with van der Waals surface area (Å²) in [6.45, 7) is 0. The molecule has 1 N–H and O–H groups in total. The van der Waals surface area contributed by atoms with E-state index in [4.69, 9.17) is 4.42 Å². The molecule has 0 spiro atoms. The van der Waals surface area contributed by atoms with Gasteiger partial charge in [0.25, 0.3) is 0 Å². The highest BCUT2D eigenvalue weighted by atomic mass is 19.1. The van der Waals surface area contributed by atoms with Crippen LogP contribution in [0.5, 0.6) is 5.75 Å². The number of hydrogen-bond donors (Lipinski definition) is 1. The van der Waals surface area contributed by atoms with Gasteiger partial charge in [-0.15, -0.1) is 0 Å². The Balaban J connectivity index is 1.86. The molecule has 32 heavy (non-hydrogen) atoms. The molecule has 5 rings (SSSR count). The number of rotatable bonds is 3. The van der Waals surface area contributed by atoms with Crippen LogP contribution in [0.15, 0.2) is 88.1 Å². The van der Waals surface area contributed by atoms with Crippen molar-refractivity contribution in [1.82, 2.24) is 0 Å². The summed E-state index contributed by atoms with van der Waals surface area (Å²) in [6, 6.07) is 18.6. The van der Waals surface area contributed by atoms with E-state index in [2.05, 4.69) is 0 Å². The minimum atomic E-state index is -0.684. The molecule has 0 bridgehead atoms. The van der Waals surface area contributed by atoms with Crippen LogP contribution in [0, 0.1) is 11.6 Å². The molecule has 0 saturated heterocycles. The molecule has 0 fully saturated rings. The van der Waals surface area contributed by atoms with Crippen LogP contribution in [-0.2, 0) is 0 Å². The fraction of sp³-hybridized carbons (Fsp3) is 0. The third kappa shape index (κ3) is 3.22. The quantitative estimate of drug-likeness (QED) is 0.290. The number of phenolic OH excluding ortho intramolecular Hbond substituents is 1. The molecule has 4 nitrogen and oxygen atoms in total. The zero-order valence-electron chi connectivity index (χ0n) is 16.4. The van der Waals surface area contributed by atoms with E-state index >= 15 is 0 Å². The Labute approximate surface area is 180 Å². The standard InChI is InChI=1S/C26H14F2O4/c27-16-6-8-22(29)19(12-16)24(30)15-10-18(14-4-2-1-3-5-14)26-21(11-15)25(31)20-13-17(28)7-9-23(20)32-26/h1-13,29H. The van der Waals surface area contributed by atoms with Crippen LogP contribution in [0.4, 0.5) is 8.78 Å². The van der Waals surface area contributed by atoms with Gasteiger partial charge >= 0.3 is 0 Å². The summed E-state index contributed by atoms with van der Waals surface area (Å²) in [5.41, 5.74) is 0.907. The van der Waals surface area contributed by atoms with Gasteiger partial charge in [-0.25, -0.2) is 8.78 Å². The van der Waals surface area contributed by atoms with Gasteiger partial charge in [-0.05, 0) is 54.1 Å². The molecule has 0 aliphatic carbocycles. The molecule has 0 atom stereocenters. The Morgan fingerprint density at radius 2 is 1.53 bits per heavy atom. The average molecular weight is 428 g/mol. The van der Waals surface area contributed by atoms with Gasteiger partial charge < -0.3 is 9.52 Å². The summed E-state index contributed by atoms with van der Waals surface area (Å²) >= 11 is 0. The lowest BCUT2D eigenvalue weighted by molar-refractivity contribution is 0.103. The summed E-state index contributed by atoms with van der Waals surface area (Å²) < 4.78 is 33.5. The monoisotopic (exact) mass is 428 g/mol. The lowest BCUT2D eigenvalue weighted by Gasteiger charge is -2.11. The Morgan fingerprint density at radius 3 is 2.31 bits per heavy atom. The Morgan fingerprint density at radius 1 is 0.812 bits per heavy atom. The predicted molar refractivity (Wildman–Crippen MR) is 117 cm³/mol. The molecule has 0 amide bonds. The molecule has 0 saturated carbocycles. The topological polar surface area (TPSA) is 67.5 Å². The van der Waals surface area contributed by atoms with Crippen LogP contribution in [0.25, 0.3) is 33.1 Å². The molecule has 1 heterocycles. The van der Waals surface area contributed by atoms with E-state index in [0.717, 1.165) is 24.3 Å². The van der Waals surface area contributed by atoms with E-state index < -0.39 is 22.8 Å². The van der Waals surface area contributed by atoms with Gasteiger partial charge in [0.1, 0.15) is 28.5 Å². The number of ketones is 1. The molecule has 0 aliphatic rings. The van der Waals surface area contributed by atoms with Crippen molar-refractivity contribution in [2.45, 2.75) is 0 Å². The number of fused-ring (bicyclic) bond motifs is 2. The van der Waals surface area contributed by atoms with Crippen LogP contribution in [0.1, 0.15) is 15.9 Å². The average Bonchev–Trinajstić information content (AvgIpc) is 2.81. The number of carbonyl (C=O) groups is 1. The van der Waals surface area contributed by atoms with Crippen molar-refractivity contribution >= 4 is 27.7 Å². The largest absolute Gasteiger partial charge is 0.507 e. The number of phenols is 1. The highest BCUT2D eigenvalue weighted by molar-refractivity contribution is 6.14. The maximum atomic E-state index is 13.8. The third-order valence-electron chi connectivity index (χ3n) is 5.28. The van der Waals surface area contributed by atoms with E-state index in [9.17, 15) is 23.5 Å². The Bertz CT molecular complexity index is 1590. The van der Waals surface area contributed by atoms with Crippen LogP contribution in [0.2, 0.25) is 0 Å². The Hall–Kier alpha value is -4.32. The van der Waals surface area contributed by atoms with E-state index in [1.54, 1.807) is 24.3 Å². The van der Waals surface area contributed by atoms with Crippen LogP contribution in [0.3, 0.4) is 0 Å². The Kier molecular flexibility index (Phi) is 4.56. The van der Waals surface area contributed by atoms with E-state index in [1.165, 1.54) is 24.3 Å². The number of hydrogen-bond acceptors (Lipinski definition) is 4. The second-order valence-electron chi connectivity index (χ2n) is 7.33. The van der Waals surface area contributed by atoms with Crippen molar-refractivity contribution in [2.24, 2.45) is 0 Å². The lowest BCUT2D eigenvalue weighted by atomic mass is 9.94. The number of halogens is 2. The summed E-state index contributed by atoms with van der Waals surface area (Å²) in [6.07, 6.45) is 0. The number of carbonyl (C=O) groups excluding carboxylic acids is 1. The first-order chi connectivity index (χ1) is 15.4. The van der Waals surface area contributed by atoms with Gasteiger partial charge in [-0.1, -0.05) is 30.3 Å². The first-order valence-electron chi connectivity index (χ1n) is 9.71. The van der Waals surface area contributed by atoms with Gasteiger partial charge in [-0.2, -0.15) is 0 Å². The second-order valence-corrected chi connectivity index (χ2v) is 7.33. The smallest absolute Gasteiger partial charge is 0.200 e. The maximum Gasteiger partial charge on any atom is 0.200 e. The zero-order chi connectivity index (χ0) is 22.4. The molecule has 4 aromatic carbocycles.